The van der Waals surface area contributed by atoms with E-state index >= 15 is 0 Å². The molecule has 0 saturated carbocycles. The van der Waals surface area contributed by atoms with Crippen LogP contribution in [0, 0.1) is 0 Å². The molecule has 1 aliphatic heterocycles. The normalized spacial score (nSPS) is 13.1. The van der Waals surface area contributed by atoms with Gasteiger partial charge in [-0.25, -0.2) is 0 Å². The zero-order valence-electron chi connectivity index (χ0n) is 17.4. The van der Waals surface area contributed by atoms with Crippen molar-refractivity contribution in [2.24, 2.45) is 0 Å². The van der Waals surface area contributed by atoms with Crippen LogP contribution < -0.4 is 0 Å². The van der Waals surface area contributed by atoms with E-state index in [9.17, 15) is 0 Å². The lowest BCUT2D eigenvalue weighted by Gasteiger charge is -2.19. The lowest BCUT2D eigenvalue weighted by atomic mass is 9.61. The number of aliphatic hydroxyl groups is 2. The van der Waals surface area contributed by atoms with E-state index in [0.29, 0.717) is 6.42 Å². The van der Waals surface area contributed by atoms with E-state index in [0.717, 1.165) is 13.2 Å². The molecule has 1 rings (SSSR count). The molecule has 0 aromatic rings. The monoisotopic (exact) mass is 332 g/mol. The van der Waals surface area contributed by atoms with Gasteiger partial charge in [-0.15, -0.1) is 0 Å². The first kappa shape index (κ1) is 30.8. The molecule has 1 heterocycles. The van der Waals surface area contributed by atoms with Gasteiger partial charge in [0.2, 0.25) is 0 Å². The van der Waals surface area contributed by atoms with Gasteiger partial charge in [-0.1, -0.05) is 74.6 Å². The summed E-state index contributed by atoms with van der Waals surface area (Å²) in [5, 5.41) is 15.9. The third-order valence-corrected chi connectivity index (χ3v) is 1.65. The molecule has 2 N–H and O–H groups in total. The maximum absolute atomic E-state index is 7.91. The Morgan fingerprint density at radius 1 is 0.826 bits per heavy atom. The molecule has 2 radical (unpaired) electrons. The summed E-state index contributed by atoms with van der Waals surface area (Å²) in [6.07, 6.45) is 0.500. The molecule has 0 spiro atoms. The molecule has 140 valence electrons. The van der Waals surface area contributed by atoms with Crippen molar-refractivity contribution in [3.63, 3.8) is 0 Å². The largest absolute Gasteiger partial charge is 0.462 e. The Kier molecular flexibility index (Phi) is 26.8. The fourth-order valence-corrected chi connectivity index (χ4v) is 0.929. The Labute approximate surface area is 147 Å². The van der Waals surface area contributed by atoms with Gasteiger partial charge < -0.3 is 19.5 Å². The van der Waals surface area contributed by atoms with E-state index in [4.69, 9.17) is 27.4 Å². The minimum Gasteiger partial charge on any atom is -0.408 e. The highest BCUT2D eigenvalue weighted by Gasteiger charge is 2.36. The van der Waals surface area contributed by atoms with Crippen LogP contribution in [-0.4, -0.2) is 51.6 Å². The summed E-state index contributed by atoms with van der Waals surface area (Å²) >= 11 is 0. The number of aliphatic hydroxyl groups excluding tert-OH is 2. The summed E-state index contributed by atoms with van der Waals surface area (Å²) in [7, 11) is 5.37. The fourth-order valence-electron chi connectivity index (χ4n) is 0.929. The number of hydrogen-bond acceptors (Lipinski definition) is 4. The summed E-state index contributed by atoms with van der Waals surface area (Å²) in [5.41, 5.74) is 0. The predicted molar refractivity (Wildman–Crippen MR) is 104 cm³/mol. The maximum atomic E-state index is 7.91. The van der Waals surface area contributed by atoms with Gasteiger partial charge in [0.05, 0.1) is 21.1 Å². The van der Waals surface area contributed by atoms with Crippen molar-refractivity contribution >= 4 is 15.0 Å². The minimum atomic E-state index is 0. The molecule has 0 bridgehead atoms. The van der Waals surface area contributed by atoms with Crippen LogP contribution in [0.5, 0.6) is 0 Å². The van der Waals surface area contributed by atoms with Crippen molar-refractivity contribution < 1.29 is 19.5 Å². The summed E-state index contributed by atoms with van der Waals surface area (Å²) in [6.45, 7) is 21.9. The van der Waals surface area contributed by atoms with Gasteiger partial charge in [0.25, 0.3) is 0 Å². The van der Waals surface area contributed by atoms with Crippen LogP contribution in [0.3, 0.4) is 0 Å². The van der Waals surface area contributed by atoms with Crippen molar-refractivity contribution in [2.45, 2.75) is 86.3 Å². The average molecular weight is 332 g/mol. The molecule has 0 aromatic heterocycles. The van der Waals surface area contributed by atoms with Crippen LogP contribution in [0.2, 0.25) is 10.6 Å². The van der Waals surface area contributed by atoms with Gasteiger partial charge in [-0.3, -0.25) is 0 Å². The molecule has 0 aliphatic carbocycles. The summed E-state index contributed by atoms with van der Waals surface area (Å²) in [5.74, 6) is 0. The third kappa shape index (κ3) is 39.1. The van der Waals surface area contributed by atoms with E-state index in [-0.39, 0.29) is 31.0 Å². The zero-order chi connectivity index (χ0) is 19.5. The molecule has 1 aliphatic rings. The van der Waals surface area contributed by atoms with E-state index in [2.05, 4.69) is 20.8 Å². The summed E-state index contributed by atoms with van der Waals surface area (Å²) in [6, 6.07) is 0. The van der Waals surface area contributed by atoms with Crippen LogP contribution in [0.1, 0.15) is 75.7 Å². The van der Waals surface area contributed by atoms with Gasteiger partial charge in [0, 0.05) is 13.2 Å². The third-order valence-electron chi connectivity index (χ3n) is 1.65. The van der Waals surface area contributed by atoms with Crippen molar-refractivity contribution in [1.82, 2.24) is 0 Å². The maximum Gasteiger partial charge on any atom is 0.462 e. The average Bonchev–Trinajstić information content (AvgIpc) is 2.97. The Morgan fingerprint density at radius 3 is 1.17 bits per heavy atom. The van der Waals surface area contributed by atoms with Gasteiger partial charge in [0.15, 0.2) is 0 Å². The predicted octanol–water partition coefficient (Wildman–Crippen LogP) is 4.11. The molecule has 4 nitrogen and oxygen atoms in total. The highest BCUT2D eigenvalue weighted by Crippen LogP contribution is 2.29. The summed E-state index contributed by atoms with van der Waals surface area (Å²) < 4.78 is 10.6. The van der Waals surface area contributed by atoms with Gasteiger partial charge in [0.1, 0.15) is 0 Å². The van der Waals surface area contributed by atoms with Crippen molar-refractivity contribution in [2.75, 3.05) is 26.4 Å². The first-order valence-corrected chi connectivity index (χ1v) is 8.76. The Morgan fingerprint density at radius 2 is 1.09 bits per heavy atom. The van der Waals surface area contributed by atoms with Crippen molar-refractivity contribution in [3.05, 3.63) is 0 Å². The minimum absolute atomic E-state index is 0. The Bertz CT molecular complexity index is 188. The molecule has 0 amide bonds. The quantitative estimate of drug-likeness (QED) is 0.747. The lowest BCUT2D eigenvalue weighted by Crippen LogP contribution is -2.26. The Balaban J connectivity index is -0.000000112. The van der Waals surface area contributed by atoms with Crippen LogP contribution in [0.15, 0.2) is 0 Å². The molecular formula is C17H42B2O4. The van der Waals surface area contributed by atoms with Gasteiger partial charge in [-0.2, -0.15) is 0 Å². The van der Waals surface area contributed by atoms with E-state index in [1.165, 1.54) is 0 Å². The van der Waals surface area contributed by atoms with Gasteiger partial charge >= 0.3 is 7.12 Å². The first-order chi connectivity index (χ1) is 10.5. The molecule has 1 fully saturated rings. The fraction of sp³-hybridized carbons (Fsp3) is 1.00. The van der Waals surface area contributed by atoms with Crippen LogP contribution in [0.4, 0.5) is 0 Å². The second-order valence-electron chi connectivity index (χ2n) is 6.61. The molecule has 1 saturated heterocycles. The zero-order valence-corrected chi connectivity index (χ0v) is 17.4. The molecule has 0 aromatic carbocycles. The standard InChI is InChI=1S/C6H13BO2.C4H9B.C3H8O2.2C2H6/c1-6(2,3)7-8-4-5-9-7;1-4(2,3)5;4-2-1-3-5;2*1-2/h4-5H2,1-3H3;1-3H3;4-5H,1-3H2;2*1-2H3. The van der Waals surface area contributed by atoms with Crippen molar-refractivity contribution in [3.8, 4) is 0 Å². The summed E-state index contributed by atoms with van der Waals surface area (Å²) in [4.78, 5) is 0. The first-order valence-electron chi connectivity index (χ1n) is 8.76. The smallest absolute Gasteiger partial charge is 0.408 e. The molecular weight excluding hydrogens is 290 g/mol. The second kappa shape index (κ2) is 20.0. The van der Waals surface area contributed by atoms with Crippen molar-refractivity contribution in [1.29, 1.82) is 0 Å². The van der Waals surface area contributed by atoms with E-state index in [1.807, 2.05) is 48.5 Å². The molecule has 6 heteroatoms. The number of hydrogen-bond donors (Lipinski definition) is 2. The SMILES string of the molecule is CC.CC.CC(C)(C)B1OCCO1.OCCCO.[B]C(C)(C)C. The molecule has 0 unspecified atom stereocenters. The second-order valence-corrected chi connectivity index (χ2v) is 6.61. The van der Waals surface area contributed by atoms with Gasteiger partial charge in [-0.05, 0) is 11.7 Å². The molecule has 0 atom stereocenters. The van der Waals surface area contributed by atoms with Crippen LogP contribution in [0.25, 0.3) is 0 Å². The Hall–Kier alpha value is -0.0301. The highest BCUT2D eigenvalue weighted by atomic mass is 16.6. The molecule has 23 heavy (non-hydrogen) atoms. The van der Waals surface area contributed by atoms with Crippen LogP contribution in [-0.2, 0) is 9.31 Å². The topological polar surface area (TPSA) is 58.9 Å². The van der Waals surface area contributed by atoms with E-state index in [1.54, 1.807) is 0 Å². The van der Waals surface area contributed by atoms with Crippen LogP contribution >= 0.6 is 0 Å². The lowest BCUT2D eigenvalue weighted by molar-refractivity contribution is 0.221. The number of rotatable bonds is 2. The van der Waals surface area contributed by atoms with E-state index < -0.39 is 0 Å². The highest BCUT2D eigenvalue weighted by molar-refractivity contribution is 6.48.